The first-order valence-electron chi connectivity index (χ1n) is 5.55. The second kappa shape index (κ2) is 8.81. The molecule has 0 aliphatic carbocycles. The maximum absolute atomic E-state index is 11.0. The number of allylic oxidation sites excluding steroid dienone is 4. The summed E-state index contributed by atoms with van der Waals surface area (Å²) in [4.78, 5) is 13.7. The number of hydrogen-bond donors (Lipinski definition) is 0. The van der Waals surface area contributed by atoms with Crippen LogP contribution in [0, 0.1) is 0 Å². The zero-order chi connectivity index (χ0) is 12.4. The molecule has 16 heavy (non-hydrogen) atoms. The fourth-order valence-corrected chi connectivity index (χ4v) is 1.28. The minimum absolute atomic E-state index is 0.143. The van der Waals surface area contributed by atoms with Crippen LogP contribution in [0.2, 0.25) is 0 Å². The van der Waals surface area contributed by atoms with Gasteiger partial charge in [0.1, 0.15) is 0 Å². The molecule has 3 heteroatoms. The maximum Gasteiger partial charge on any atom is 0.323 e. The van der Waals surface area contributed by atoms with Crippen LogP contribution in [0.15, 0.2) is 23.3 Å². The van der Waals surface area contributed by atoms with E-state index in [0.29, 0.717) is 12.8 Å². The van der Waals surface area contributed by atoms with E-state index in [2.05, 4.69) is 37.7 Å². The van der Waals surface area contributed by atoms with Crippen molar-refractivity contribution < 1.29 is 9.58 Å². The molecule has 0 aliphatic heterocycles. The fraction of sp³-hybridized carbons (Fsp3) is 0.538. The Balaban J connectivity index is 3.83. The van der Waals surface area contributed by atoms with Gasteiger partial charge in [0.2, 0.25) is 5.78 Å². The molecule has 88 valence electrons. The Morgan fingerprint density at radius 3 is 2.31 bits per heavy atom. The van der Waals surface area contributed by atoms with E-state index in [1.807, 2.05) is 0 Å². The van der Waals surface area contributed by atoms with E-state index in [-0.39, 0.29) is 5.78 Å². The molecule has 0 unspecified atom stereocenters. The molecule has 0 rings (SSSR count). The number of carbonyl (C=O) groups is 1. The zero-order valence-corrected chi connectivity index (χ0v) is 10.4. The van der Waals surface area contributed by atoms with Gasteiger partial charge in [-0.3, -0.25) is 4.79 Å². The van der Waals surface area contributed by atoms with Gasteiger partial charge in [-0.15, -0.1) is 0 Å². The van der Waals surface area contributed by atoms with E-state index < -0.39 is 0 Å². The number of hydrogen-bond acceptors (Lipinski definition) is 1. The Hall–Kier alpha value is -1.47. The summed E-state index contributed by atoms with van der Waals surface area (Å²) in [7, 11) is 0. The molecule has 0 aromatic carbocycles. The SMILES string of the molecule is CC(C)=CCC/C(C)=C/CCC(=O)C=[N+]=[N-]. The van der Waals surface area contributed by atoms with Crippen LogP contribution in [0.4, 0.5) is 0 Å². The lowest BCUT2D eigenvalue weighted by Gasteiger charge is -1.98. The molecular formula is C13H20N2O. The Labute approximate surface area is 97.5 Å². The van der Waals surface area contributed by atoms with E-state index in [0.717, 1.165) is 19.1 Å². The molecule has 0 heterocycles. The van der Waals surface area contributed by atoms with Gasteiger partial charge in [0.25, 0.3) is 0 Å². The van der Waals surface area contributed by atoms with Gasteiger partial charge in [0.15, 0.2) is 0 Å². The molecule has 0 radical (unpaired) electrons. The van der Waals surface area contributed by atoms with Crippen molar-refractivity contribution in [2.75, 3.05) is 0 Å². The standard InChI is InChI=1S/C13H20N2O/c1-11(2)6-4-7-12(3)8-5-9-13(16)10-15-14/h6,8,10H,4-5,7,9H2,1-3H3/b12-8+. The largest absolute Gasteiger partial charge is 0.361 e. The van der Waals surface area contributed by atoms with Crippen molar-refractivity contribution in [2.45, 2.75) is 46.5 Å². The van der Waals surface area contributed by atoms with E-state index in [1.54, 1.807) is 0 Å². The zero-order valence-electron chi connectivity index (χ0n) is 10.4. The molecule has 0 saturated carbocycles. The molecule has 0 aromatic heterocycles. The summed E-state index contributed by atoms with van der Waals surface area (Å²) < 4.78 is 0. The highest BCUT2D eigenvalue weighted by Gasteiger charge is 2.00. The minimum atomic E-state index is -0.143. The normalized spacial score (nSPS) is 10.6. The monoisotopic (exact) mass is 220 g/mol. The highest BCUT2D eigenvalue weighted by molar-refractivity contribution is 6.25. The number of ketones is 1. The van der Waals surface area contributed by atoms with Crippen LogP contribution >= 0.6 is 0 Å². The predicted molar refractivity (Wildman–Crippen MR) is 66.3 cm³/mol. The van der Waals surface area contributed by atoms with Crippen LogP contribution < -0.4 is 0 Å². The summed E-state index contributed by atoms with van der Waals surface area (Å²) in [6.45, 7) is 6.25. The van der Waals surface area contributed by atoms with Crippen LogP contribution in [0.25, 0.3) is 5.53 Å². The quantitative estimate of drug-likeness (QED) is 0.281. The van der Waals surface area contributed by atoms with Crippen molar-refractivity contribution >= 4 is 12.0 Å². The van der Waals surface area contributed by atoms with Gasteiger partial charge >= 0.3 is 6.21 Å². The van der Waals surface area contributed by atoms with Crippen LogP contribution in [0.3, 0.4) is 0 Å². The summed E-state index contributed by atoms with van der Waals surface area (Å²) in [5.41, 5.74) is 10.8. The van der Waals surface area contributed by atoms with Crippen LogP contribution in [-0.4, -0.2) is 16.8 Å². The third-order valence-corrected chi connectivity index (χ3v) is 2.18. The summed E-state index contributed by atoms with van der Waals surface area (Å²) in [6.07, 6.45) is 8.44. The third-order valence-electron chi connectivity index (χ3n) is 2.18. The van der Waals surface area contributed by atoms with Gasteiger partial charge in [-0.05, 0) is 40.0 Å². The van der Waals surface area contributed by atoms with Gasteiger partial charge in [0, 0.05) is 6.42 Å². The summed E-state index contributed by atoms with van der Waals surface area (Å²) >= 11 is 0. The van der Waals surface area contributed by atoms with Crippen molar-refractivity contribution in [3.8, 4) is 0 Å². The van der Waals surface area contributed by atoms with Gasteiger partial charge < -0.3 is 5.53 Å². The minimum Gasteiger partial charge on any atom is -0.361 e. The first-order chi connectivity index (χ1) is 7.56. The molecule has 0 aliphatic rings. The van der Waals surface area contributed by atoms with Crippen molar-refractivity contribution in [3.63, 3.8) is 0 Å². The first kappa shape index (κ1) is 14.5. The molecule has 0 bridgehead atoms. The Kier molecular flexibility index (Phi) is 8.00. The van der Waals surface area contributed by atoms with Crippen molar-refractivity contribution in [2.24, 2.45) is 0 Å². The van der Waals surface area contributed by atoms with Gasteiger partial charge in [-0.2, -0.15) is 4.79 Å². The van der Waals surface area contributed by atoms with Gasteiger partial charge in [0.05, 0.1) is 0 Å². The molecule has 0 amide bonds. The Morgan fingerprint density at radius 2 is 1.75 bits per heavy atom. The summed E-state index contributed by atoms with van der Waals surface area (Å²) in [5.74, 6) is -0.143. The molecule has 0 aromatic rings. The second-order valence-electron chi connectivity index (χ2n) is 4.12. The highest BCUT2D eigenvalue weighted by Crippen LogP contribution is 2.08. The highest BCUT2D eigenvalue weighted by atomic mass is 16.1. The molecule has 3 nitrogen and oxygen atoms in total. The molecule has 0 saturated heterocycles. The second-order valence-corrected chi connectivity index (χ2v) is 4.12. The Morgan fingerprint density at radius 1 is 1.12 bits per heavy atom. The molecule has 0 atom stereocenters. The molecule has 0 spiro atoms. The summed E-state index contributed by atoms with van der Waals surface area (Å²) in [5, 5.41) is 0. The maximum atomic E-state index is 11.0. The average Bonchev–Trinajstić information content (AvgIpc) is 2.17. The average molecular weight is 220 g/mol. The lowest BCUT2D eigenvalue weighted by molar-refractivity contribution is -0.116. The first-order valence-corrected chi connectivity index (χ1v) is 5.55. The summed E-state index contributed by atoms with van der Waals surface area (Å²) in [6, 6.07) is 0. The lowest BCUT2D eigenvalue weighted by atomic mass is 10.1. The lowest BCUT2D eigenvalue weighted by Crippen LogP contribution is -1.98. The number of carbonyl (C=O) groups excluding carboxylic acids is 1. The van der Waals surface area contributed by atoms with Crippen LogP contribution in [0.5, 0.6) is 0 Å². The molecule has 0 fully saturated rings. The van der Waals surface area contributed by atoms with Crippen LogP contribution in [0.1, 0.15) is 46.5 Å². The number of nitrogens with zero attached hydrogens (tertiary/aromatic N) is 2. The van der Waals surface area contributed by atoms with E-state index in [1.165, 1.54) is 11.1 Å². The smallest absolute Gasteiger partial charge is 0.323 e. The fourth-order valence-electron chi connectivity index (χ4n) is 1.28. The number of Topliss-reactive ketones (excluding diaryl/α,β-unsaturated/α-hetero) is 1. The molecule has 0 N–H and O–H groups in total. The van der Waals surface area contributed by atoms with Crippen molar-refractivity contribution in [1.29, 1.82) is 0 Å². The third kappa shape index (κ3) is 9.10. The molecular weight excluding hydrogens is 200 g/mol. The topological polar surface area (TPSA) is 53.5 Å². The van der Waals surface area contributed by atoms with E-state index >= 15 is 0 Å². The van der Waals surface area contributed by atoms with E-state index in [4.69, 9.17) is 5.53 Å². The van der Waals surface area contributed by atoms with Crippen LogP contribution in [-0.2, 0) is 4.79 Å². The van der Waals surface area contributed by atoms with Gasteiger partial charge in [-0.1, -0.05) is 23.3 Å². The Bertz CT molecular complexity index is 330. The number of rotatable bonds is 7. The van der Waals surface area contributed by atoms with E-state index in [9.17, 15) is 4.79 Å². The van der Waals surface area contributed by atoms with Crippen molar-refractivity contribution in [1.82, 2.24) is 0 Å². The van der Waals surface area contributed by atoms with Crippen molar-refractivity contribution in [3.05, 3.63) is 28.8 Å². The predicted octanol–water partition coefficient (Wildman–Crippen LogP) is 3.33. The van der Waals surface area contributed by atoms with Gasteiger partial charge in [-0.25, -0.2) is 0 Å².